The van der Waals surface area contributed by atoms with E-state index >= 15 is 0 Å². The Morgan fingerprint density at radius 1 is 1.11 bits per heavy atom. The summed E-state index contributed by atoms with van der Waals surface area (Å²) < 4.78 is 5.17. The van der Waals surface area contributed by atoms with Crippen LogP contribution < -0.4 is 10.6 Å². The van der Waals surface area contributed by atoms with Gasteiger partial charge in [-0.05, 0) is 62.4 Å². The average molecular weight is 401 g/mol. The zero-order chi connectivity index (χ0) is 19.9. The lowest BCUT2D eigenvalue weighted by Gasteiger charge is -2.08. The van der Waals surface area contributed by atoms with Crippen LogP contribution in [0.3, 0.4) is 0 Å². The van der Waals surface area contributed by atoms with Gasteiger partial charge in [0, 0.05) is 22.7 Å². The molecule has 0 fully saturated rings. The van der Waals surface area contributed by atoms with E-state index in [-0.39, 0.29) is 12.5 Å². The van der Waals surface area contributed by atoms with Crippen molar-refractivity contribution in [2.24, 2.45) is 0 Å². The van der Waals surface area contributed by atoms with E-state index in [1.807, 2.05) is 13.0 Å². The van der Waals surface area contributed by atoms with Gasteiger partial charge in [-0.15, -0.1) is 11.3 Å². The molecule has 0 saturated carbocycles. The van der Waals surface area contributed by atoms with Crippen LogP contribution in [0.2, 0.25) is 0 Å². The quantitative estimate of drug-likeness (QED) is 0.574. The number of thiophene rings is 1. The largest absolute Gasteiger partial charge is 0.451 e. The Labute approximate surface area is 168 Å². The van der Waals surface area contributed by atoms with Gasteiger partial charge in [-0.25, -0.2) is 4.79 Å². The first-order valence-electron chi connectivity index (χ1n) is 9.53. The van der Waals surface area contributed by atoms with Gasteiger partial charge in [0.15, 0.2) is 6.61 Å². The zero-order valence-corrected chi connectivity index (χ0v) is 16.7. The van der Waals surface area contributed by atoms with Crippen LogP contribution in [0.15, 0.2) is 30.3 Å². The number of carbonyl (C=O) groups is 3. The zero-order valence-electron chi connectivity index (χ0n) is 15.9. The Morgan fingerprint density at radius 2 is 1.93 bits per heavy atom. The highest BCUT2D eigenvalue weighted by atomic mass is 32.1. The maximum atomic E-state index is 12.3. The molecular weight excluding hydrogens is 376 g/mol. The second-order valence-corrected chi connectivity index (χ2v) is 7.82. The summed E-state index contributed by atoms with van der Waals surface area (Å²) in [5, 5.41) is 5.36. The third kappa shape index (κ3) is 5.19. The van der Waals surface area contributed by atoms with Gasteiger partial charge >= 0.3 is 5.97 Å². The average Bonchev–Trinajstić information content (AvgIpc) is 2.97. The molecule has 3 rings (SSSR count). The summed E-state index contributed by atoms with van der Waals surface area (Å²) in [5.74, 6) is -1.12. The molecule has 2 amide bonds. The number of fused-ring (bicyclic) bond motifs is 1. The SMILES string of the molecule is CCNC(=O)c1cccc(NC(=O)COC(=O)c2cc3c(s2)CCCCC3)c1. The summed E-state index contributed by atoms with van der Waals surface area (Å²) in [4.78, 5) is 38.1. The minimum atomic E-state index is -0.468. The summed E-state index contributed by atoms with van der Waals surface area (Å²) in [6.07, 6.45) is 5.54. The molecule has 0 unspecified atom stereocenters. The lowest BCUT2D eigenvalue weighted by Crippen LogP contribution is -2.23. The normalized spacial score (nSPS) is 13.2. The number of aryl methyl sites for hydroxylation is 2. The van der Waals surface area contributed by atoms with E-state index in [1.54, 1.807) is 24.3 Å². The van der Waals surface area contributed by atoms with Gasteiger partial charge in [-0.1, -0.05) is 12.5 Å². The van der Waals surface area contributed by atoms with Crippen LogP contribution in [0, 0.1) is 0 Å². The number of rotatable bonds is 6. The first kappa shape index (κ1) is 20.1. The first-order valence-corrected chi connectivity index (χ1v) is 10.3. The summed E-state index contributed by atoms with van der Waals surface area (Å²) in [7, 11) is 0. The molecule has 0 saturated heterocycles. The number of carbonyl (C=O) groups excluding carboxylic acids is 3. The van der Waals surface area contributed by atoms with E-state index in [0.29, 0.717) is 22.7 Å². The number of nitrogens with one attached hydrogen (secondary N) is 2. The second-order valence-electron chi connectivity index (χ2n) is 6.68. The lowest BCUT2D eigenvalue weighted by atomic mass is 10.1. The number of hydrogen-bond acceptors (Lipinski definition) is 5. The highest BCUT2D eigenvalue weighted by molar-refractivity contribution is 7.14. The molecule has 1 aliphatic carbocycles. The fourth-order valence-electron chi connectivity index (χ4n) is 3.17. The number of amides is 2. The molecule has 148 valence electrons. The molecule has 1 heterocycles. The predicted octanol–water partition coefficient (Wildman–Crippen LogP) is 3.56. The smallest absolute Gasteiger partial charge is 0.348 e. The van der Waals surface area contributed by atoms with E-state index in [9.17, 15) is 14.4 Å². The molecule has 2 N–H and O–H groups in total. The van der Waals surface area contributed by atoms with Crippen LogP contribution in [-0.4, -0.2) is 30.9 Å². The second kappa shape index (κ2) is 9.50. The van der Waals surface area contributed by atoms with Crippen LogP contribution in [0.4, 0.5) is 5.69 Å². The van der Waals surface area contributed by atoms with Gasteiger partial charge in [-0.3, -0.25) is 9.59 Å². The molecule has 1 aromatic heterocycles. The Balaban J connectivity index is 1.54. The summed E-state index contributed by atoms with van der Waals surface area (Å²) in [6.45, 7) is 1.99. The fourth-order valence-corrected chi connectivity index (χ4v) is 4.32. The van der Waals surface area contributed by atoms with Crippen molar-refractivity contribution in [3.63, 3.8) is 0 Å². The molecule has 1 aliphatic rings. The highest BCUT2D eigenvalue weighted by Crippen LogP contribution is 2.29. The fraction of sp³-hybridized carbons (Fsp3) is 0.381. The molecule has 0 spiro atoms. The minimum Gasteiger partial charge on any atom is -0.451 e. The van der Waals surface area contributed by atoms with Crippen LogP contribution in [0.1, 0.15) is 56.7 Å². The van der Waals surface area contributed by atoms with E-state index < -0.39 is 11.9 Å². The summed E-state index contributed by atoms with van der Waals surface area (Å²) in [5.41, 5.74) is 2.17. The number of benzene rings is 1. The predicted molar refractivity (Wildman–Crippen MR) is 109 cm³/mol. The topological polar surface area (TPSA) is 84.5 Å². The summed E-state index contributed by atoms with van der Waals surface area (Å²) >= 11 is 1.47. The van der Waals surface area contributed by atoms with Crippen molar-refractivity contribution in [2.45, 2.75) is 39.0 Å². The van der Waals surface area contributed by atoms with Gasteiger partial charge in [0.1, 0.15) is 4.88 Å². The van der Waals surface area contributed by atoms with Crippen molar-refractivity contribution in [2.75, 3.05) is 18.5 Å². The van der Waals surface area contributed by atoms with Crippen molar-refractivity contribution < 1.29 is 19.1 Å². The first-order chi connectivity index (χ1) is 13.6. The van der Waals surface area contributed by atoms with Crippen molar-refractivity contribution >= 4 is 34.8 Å². The Hall–Kier alpha value is -2.67. The third-order valence-corrected chi connectivity index (χ3v) is 5.75. The summed E-state index contributed by atoms with van der Waals surface area (Å²) in [6, 6.07) is 8.52. The van der Waals surface area contributed by atoms with Crippen LogP contribution >= 0.6 is 11.3 Å². The van der Waals surface area contributed by atoms with Crippen molar-refractivity contribution in [1.82, 2.24) is 5.32 Å². The van der Waals surface area contributed by atoms with Gasteiger partial charge in [-0.2, -0.15) is 0 Å². The van der Waals surface area contributed by atoms with Crippen LogP contribution in [-0.2, 0) is 22.4 Å². The van der Waals surface area contributed by atoms with Crippen molar-refractivity contribution in [3.8, 4) is 0 Å². The van der Waals surface area contributed by atoms with Gasteiger partial charge < -0.3 is 15.4 Å². The van der Waals surface area contributed by atoms with E-state index in [1.165, 1.54) is 28.2 Å². The number of esters is 1. The molecule has 0 aliphatic heterocycles. The molecule has 1 aromatic carbocycles. The van der Waals surface area contributed by atoms with Crippen molar-refractivity contribution in [3.05, 3.63) is 51.2 Å². The van der Waals surface area contributed by atoms with Crippen LogP contribution in [0.25, 0.3) is 0 Å². The Morgan fingerprint density at radius 3 is 2.75 bits per heavy atom. The van der Waals surface area contributed by atoms with Gasteiger partial charge in [0.25, 0.3) is 11.8 Å². The molecule has 2 aromatic rings. The molecule has 0 radical (unpaired) electrons. The van der Waals surface area contributed by atoms with Crippen LogP contribution in [0.5, 0.6) is 0 Å². The number of anilines is 1. The minimum absolute atomic E-state index is 0.206. The Bertz CT molecular complexity index is 852. The molecule has 0 atom stereocenters. The molecule has 28 heavy (non-hydrogen) atoms. The molecule has 7 heteroatoms. The monoisotopic (exact) mass is 400 g/mol. The Kier molecular flexibility index (Phi) is 6.81. The highest BCUT2D eigenvalue weighted by Gasteiger charge is 2.18. The molecule has 0 bridgehead atoms. The maximum absolute atomic E-state index is 12.3. The number of hydrogen-bond donors (Lipinski definition) is 2. The van der Waals surface area contributed by atoms with E-state index in [2.05, 4.69) is 10.6 Å². The molecule has 6 nitrogen and oxygen atoms in total. The lowest BCUT2D eigenvalue weighted by molar-refractivity contribution is -0.119. The molecular formula is C21H24N2O4S. The van der Waals surface area contributed by atoms with Gasteiger partial charge in [0.2, 0.25) is 0 Å². The third-order valence-electron chi connectivity index (χ3n) is 4.53. The van der Waals surface area contributed by atoms with Gasteiger partial charge in [0.05, 0.1) is 0 Å². The number of ether oxygens (including phenoxy) is 1. The van der Waals surface area contributed by atoms with Crippen molar-refractivity contribution in [1.29, 1.82) is 0 Å². The standard InChI is InChI=1S/C21H24N2O4S/c1-2-22-20(25)15-8-6-9-16(11-15)23-19(24)13-27-21(26)18-12-14-7-4-3-5-10-17(14)28-18/h6,8-9,11-12H,2-5,7,10,13H2,1H3,(H,22,25)(H,23,24). The maximum Gasteiger partial charge on any atom is 0.348 e. The van der Waals surface area contributed by atoms with E-state index in [0.717, 1.165) is 25.7 Å². The van der Waals surface area contributed by atoms with E-state index in [4.69, 9.17) is 4.74 Å².